The van der Waals surface area contributed by atoms with Crippen LogP contribution in [-0.4, -0.2) is 29.1 Å². The quantitative estimate of drug-likeness (QED) is 0.330. The molecule has 0 fully saturated rings. The van der Waals surface area contributed by atoms with Crippen LogP contribution in [0.3, 0.4) is 0 Å². The number of pyridine rings is 1. The molecule has 0 radical (unpaired) electrons. The molecule has 1 aliphatic rings. The largest absolute Gasteiger partial charge is 0.489 e. The number of halogens is 1. The topological polar surface area (TPSA) is 25.4 Å². The zero-order chi connectivity index (χ0) is 21.5. The highest BCUT2D eigenvalue weighted by Gasteiger charge is 2.24. The van der Waals surface area contributed by atoms with E-state index in [1.807, 2.05) is 26.0 Å². The highest BCUT2D eigenvalue weighted by molar-refractivity contribution is 6.32. The molecule has 0 saturated carbocycles. The van der Waals surface area contributed by atoms with Crippen molar-refractivity contribution in [3.05, 3.63) is 70.7 Å². The maximum Gasteiger partial charge on any atom is 0.138 e. The van der Waals surface area contributed by atoms with Gasteiger partial charge in [0.1, 0.15) is 5.75 Å². The summed E-state index contributed by atoms with van der Waals surface area (Å²) in [5, 5.41) is 4.49. The van der Waals surface area contributed by atoms with Gasteiger partial charge in [-0.25, -0.2) is 4.98 Å². The van der Waals surface area contributed by atoms with Crippen LogP contribution in [0, 0.1) is 0 Å². The normalized spacial score (nSPS) is 14.4. The fraction of sp³-hybridized carbons (Fsp3) is 0.296. The Morgan fingerprint density at radius 1 is 1.06 bits per heavy atom. The van der Waals surface area contributed by atoms with Crippen LogP contribution in [0.25, 0.3) is 32.9 Å². The molecule has 1 aromatic heterocycles. The Morgan fingerprint density at radius 2 is 1.90 bits per heavy atom. The number of rotatable bonds is 4. The minimum atomic E-state index is 0.0845. The van der Waals surface area contributed by atoms with Crippen molar-refractivity contribution in [2.45, 2.75) is 39.8 Å². The van der Waals surface area contributed by atoms with E-state index in [0.29, 0.717) is 5.02 Å². The van der Waals surface area contributed by atoms with Gasteiger partial charge in [0.25, 0.3) is 0 Å². The summed E-state index contributed by atoms with van der Waals surface area (Å²) in [6, 6.07) is 19.0. The third-order valence-electron chi connectivity index (χ3n) is 6.17. The van der Waals surface area contributed by atoms with Crippen molar-refractivity contribution in [2.24, 2.45) is 0 Å². The van der Waals surface area contributed by atoms with Crippen molar-refractivity contribution < 1.29 is 4.74 Å². The average molecular weight is 431 g/mol. The highest BCUT2D eigenvalue weighted by atomic mass is 35.5. The van der Waals surface area contributed by atoms with Gasteiger partial charge in [0.05, 0.1) is 22.3 Å². The molecule has 0 unspecified atom stereocenters. The second kappa shape index (κ2) is 8.14. The number of fused-ring (bicyclic) bond motifs is 5. The summed E-state index contributed by atoms with van der Waals surface area (Å²) >= 11 is 6.60. The van der Waals surface area contributed by atoms with Crippen molar-refractivity contribution >= 4 is 33.3 Å². The molecule has 4 heteroatoms. The molecule has 2 heterocycles. The van der Waals surface area contributed by atoms with Crippen LogP contribution in [0.1, 0.15) is 31.9 Å². The smallest absolute Gasteiger partial charge is 0.138 e. The summed E-state index contributed by atoms with van der Waals surface area (Å²) in [5.41, 5.74) is 5.89. The molecular formula is C27H27ClN2O. The van der Waals surface area contributed by atoms with Crippen molar-refractivity contribution in [3.8, 4) is 17.0 Å². The Balaban J connectivity index is 1.75. The lowest BCUT2D eigenvalue weighted by molar-refractivity contribution is 0.242. The molecule has 158 valence electrons. The minimum absolute atomic E-state index is 0.0845. The third-order valence-corrected chi connectivity index (χ3v) is 6.46. The van der Waals surface area contributed by atoms with Gasteiger partial charge in [-0.3, -0.25) is 4.90 Å². The molecule has 0 atom stereocenters. The summed E-state index contributed by atoms with van der Waals surface area (Å²) in [4.78, 5) is 7.67. The van der Waals surface area contributed by atoms with E-state index < -0.39 is 0 Å². The minimum Gasteiger partial charge on any atom is -0.489 e. The average Bonchev–Trinajstić information content (AvgIpc) is 2.78. The summed E-state index contributed by atoms with van der Waals surface area (Å²) in [7, 11) is 0. The predicted octanol–water partition coefficient (Wildman–Crippen LogP) is 6.87. The molecule has 31 heavy (non-hydrogen) atoms. The first-order chi connectivity index (χ1) is 15.0. The number of ether oxygens (including phenoxy) is 1. The molecule has 0 bridgehead atoms. The van der Waals surface area contributed by atoms with Crippen molar-refractivity contribution in [2.75, 3.05) is 13.1 Å². The van der Waals surface area contributed by atoms with Crippen molar-refractivity contribution in [3.63, 3.8) is 0 Å². The lowest BCUT2D eigenvalue weighted by Gasteiger charge is -2.30. The zero-order valence-corrected chi connectivity index (χ0v) is 19.0. The summed E-state index contributed by atoms with van der Waals surface area (Å²) < 4.78 is 5.84. The summed E-state index contributed by atoms with van der Waals surface area (Å²) in [6.45, 7) is 9.27. The second-order valence-electron chi connectivity index (χ2n) is 8.53. The van der Waals surface area contributed by atoms with Gasteiger partial charge in [-0.1, -0.05) is 48.9 Å². The monoisotopic (exact) mass is 430 g/mol. The van der Waals surface area contributed by atoms with Crippen LogP contribution < -0.4 is 4.74 Å². The third kappa shape index (κ3) is 3.66. The van der Waals surface area contributed by atoms with E-state index in [-0.39, 0.29) is 6.10 Å². The first-order valence-corrected chi connectivity index (χ1v) is 11.4. The number of likely N-dealkylation sites (N-methyl/N-ethyl adjacent to an activating group) is 1. The van der Waals surface area contributed by atoms with Gasteiger partial charge in [0.15, 0.2) is 0 Å². The molecule has 0 amide bonds. The van der Waals surface area contributed by atoms with E-state index in [1.165, 1.54) is 27.3 Å². The first kappa shape index (κ1) is 20.3. The summed E-state index contributed by atoms with van der Waals surface area (Å²) in [6.07, 6.45) is 1.12. The van der Waals surface area contributed by atoms with E-state index >= 15 is 0 Å². The molecule has 0 saturated heterocycles. The zero-order valence-electron chi connectivity index (χ0n) is 18.3. The van der Waals surface area contributed by atoms with Gasteiger partial charge < -0.3 is 4.74 Å². The predicted molar refractivity (Wildman–Crippen MR) is 130 cm³/mol. The number of aromatic nitrogens is 1. The lowest BCUT2D eigenvalue weighted by atomic mass is 9.89. The first-order valence-electron chi connectivity index (χ1n) is 11.1. The molecule has 0 N–H and O–H groups in total. The Hall–Kier alpha value is -2.62. The number of hydrogen-bond acceptors (Lipinski definition) is 3. The molecule has 5 rings (SSSR count). The highest BCUT2D eigenvalue weighted by Crippen LogP contribution is 2.39. The van der Waals surface area contributed by atoms with Gasteiger partial charge in [-0.2, -0.15) is 0 Å². The Labute approximate surface area is 188 Å². The van der Waals surface area contributed by atoms with E-state index in [1.54, 1.807) is 0 Å². The van der Waals surface area contributed by atoms with Crippen LogP contribution >= 0.6 is 11.6 Å². The fourth-order valence-corrected chi connectivity index (χ4v) is 4.90. The molecule has 0 aliphatic carbocycles. The Morgan fingerprint density at radius 3 is 2.68 bits per heavy atom. The maximum absolute atomic E-state index is 6.60. The van der Waals surface area contributed by atoms with Crippen LogP contribution in [0.2, 0.25) is 5.02 Å². The van der Waals surface area contributed by atoms with Crippen molar-refractivity contribution in [1.82, 2.24) is 9.88 Å². The maximum atomic E-state index is 6.60. The second-order valence-corrected chi connectivity index (χ2v) is 8.94. The molecule has 3 nitrogen and oxygen atoms in total. The molecular weight excluding hydrogens is 404 g/mol. The summed E-state index contributed by atoms with van der Waals surface area (Å²) in [5.74, 6) is 0.719. The van der Waals surface area contributed by atoms with Crippen molar-refractivity contribution in [1.29, 1.82) is 0 Å². The molecule has 4 aromatic rings. The SMILES string of the molecule is CCN1CCc2c(c(-c3ccc(OC(C)C)c(Cl)c3)nc3ccc4ccccc4c23)C1. The van der Waals surface area contributed by atoms with Crippen LogP contribution in [0.5, 0.6) is 5.75 Å². The molecule has 0 spiro atoms. The van der Waals surface area contributed by atoms with Gasteiger partial charge >= 0.3 is 0 Å². The van der Waals surface area contributed by atoms with E-state index in [9.17, 15) is 0 Å². The van der Waals surface area contributed by atoms with Crippen LogP contribution in [-0.2, 0) is 13.0 Å². The van der Waals surface area contributed by atoms with Gasteiger partial charge in [-0.15, -0.1) is 0 Å². The fourth-order valence-electron chi connectivity index (χ4n) is 4.68. The molecule has 3 aromatic carbocycles. The standard InChI is InChI=1S/C27H27ClN2O/c1-4-30-14-13-21-22(16-30)27(19-10-12-25(23(28)15-19)31-17(2)3)29-24-11-9-18-7-5-6-8-20(18)26(21)24/h5-12,15,17H,4,13-14,16H2,1-3H3. The number of nitrogens with zero attached hydrogens (tertiary/aromatic N) is 2. The molecule has 1 aliphatic heterocycles. The Bertz CT molecular complexity index is 1280. The van der Waals surface area contributed by atoms with E-state index in [2.05, 4.69) is 54.3 Å². The van der Waals surface area contributed by atoms with Gasteiger partial charge in [0.2, 0.25) is 0 Å². The van der Waals surface area contributed by atoms with Gasteiger partial charge in [0, 0.05) is 24.0 Å². The number of hydrogen-bond donors (Lipinski definition) is 0. The Kier molecular flexibility index (Phi) is 5.33. The van der Waals surface area contributed by atoms with Crippen LogP contribution in [0.4, 0.5) is 0 Å². The van der Waals surface area contributed by atoms with E-state index in [4.69, 9.17) is 21.3 Å². The van der Waals surface area contributed by atoms with Gasteiger partial charge in [-0.05, 0) is 73.0 Å². The number of benzene rings is 3. The van der Waals surface area contributed by atoms with Crippen LogP contribution in [0.15, 0.2) is 54.6 Å². The van der Waals surface area contributed by atoms with E-state index in [0.717, 1.165) is 48.6 Å². The lowest BCUT2D eigenvalue weighted by Crippen LogP contribution is -2.31.